The Balaban J connectivity index is 1.85. The predicted octanol–water partition coefficient (Wildman–Crippen LogP) is 5.63. The molecule has 0 fully saturated rings. The average Bonchev–Trinajstić information content (AvgIpc) is 3.24. The van der Waals surface area contributed by atoms with Gasteiger partial charge in [-0.2, -0.15) is 5.10 Å². The van der Waals surface area contributed by atoms with E-state index < -0.39 is 18.6 Å². The largest absolute Gasteiger partial charge is 0.332 e. The van der Waals surface area contributed by atoms with Crippen molar-refractivity contribution in [2.45, 2.75) is 25.8 Å². The summed E-state index contributed by atoms with van der Waals surface area (Å²) in [7, 11) is -3.47. The van der Waals surface area contributed by atoms with Crippen molar-refractivity contribution in [3.05, 3.63) is 100 Å². The van der Waals surface area contributed by atoms with Crippen LogP contribution in [0.1, 0.15) is 31.0 Å². The van der Waals surface area contributed by atoms with Gasteiger partial charge in [0, 0.05) is 18.3 Å². The maximum absolute atomic E-state index is 13.7. The molecule has 0 radical (unpaired) electrons. The molecule has 10 heteroatoms. The molecule has 1 aromatic heterocycles. The molecule has 0 N–H and O–H groups in total. The van der Waals surface area contributed by atoms with E-state index in [2.05, 4.69) is 4.98 Å². The monoisotopic (exact) mass is 494 g/mol. The molecule has 0 amide bonds. The van der Waals surface area contributed by atoms with Gasteiger partial charge in [0.05, 0.1) is 53.4 Å². The number of nitro benzene ring substituents is 1. The molecular formula is C25H27N4O5P. The molecule has 182 valence electrons. The summed E-state index contributed by atoms with van der Waals surface area (Å²) in [6.07, 6.45) is 1.78. The number of hydrogen-bond acceptors (Lipinski definition) is 8. The zero-order chi connectivity index (χ0) is 24.8. The first-order chi connectivity index (χ1) is 17.0. The number of hydrogen-bond donors (Lipinski definition) is 0. The van der Waals surface area contributed by atoms with Gasteiger partial charge in [-0.15, -0.1) is 0 Å². The molecule has 9 nitrogen and oxygen atoms in total. The van der Waals surface area contributed by atoms with Gasteiger partial charge in [0.25, 0.3) is 5.69 Å². The van der Waals surface area contributed by atoms with E-state index in [1.165, 1.54) is 12.1 Å². The van der Waals surface area contributed by atoms with Gasteiger partial charge < -0.3 is 9.05 Å². The number of anilines is 1. The van der Waals surface area contributed by atoms with Crippen LogP contribution in [0, 0.1) is 10.1 Å². The fourth-order valence-corrected chi connectivity index (χ4v) is 6.16. The molecule has 2 atom stereocenters. The minimum atomic E-state index is -3.47. The van der Waals surface area contributed by atoms with E-state index in [1.54, 1.807) is 37.2 Å². The quantitative estimate of drug-likeness (QED) is 0.204. The summed E-state index contributed by atoms with van der Waals surface area (Å²) in [5.74, 6) is -0.296. The lowest BCUT2D eigenvalue weighted by Crippen LogP contribution is -2.36. The molecule has 0 aliphatic carbocycles. The Morgan fingerprint density at radius 1 is 0.971 bits per heavy atom. The van der Waals surface area contributed by atoms with Crippen LogP contribution in [0.2, 0.25) is 0 Å². The number of benzene rings is 2. The van der Waals surface area contributed by atoms with Crippen molar-refractivity contribution in [2.75, 3.05) is 24.4 Å². The molecule has 2 aromatic carbocycles. The van der Waals surface area contributed by atoms with Crippen molar-refractivity contribution >= 4 is 24.7 Å². The normalized spacial score (nSPS) is 17.9. The molecule has 1 aliphatic rings. The topological polar surface area (TPSA) is 107 Å². The summed E-state index contributed by atoms with van der Waals surface area (Å²) in [5, 5.41) is 17.9. The minimum Gasteiger partial charge on any atom is -0.309 e. The first kappa shape index (κ1) is 24.7. The average molecular weight is 494 g/mol. The molecule has 0 bridgehead atoms. The van der Waals surface area contributed by atoms with Crippen LogP contribution in [0.15, 0.2) is 84.1 Å². The van der Waals surface area contributed by atoms with Gasteiger partial charge in [-0.3, -0.25) is 24.7 Å². The number of aromatic nitrogens is 1. The van der Waals surface area contributed by atoms with Crippen LogP contribution in [-0.4, -0.2) is 41.0 Å². The van der Waals surface area contributed by atoms with Crippen LogP contribution in [0.3, 0.4) is 0 Å². The summed E-state index contributed by atoms with van der Waals surface area (Å²) >= 11 is 0. The maximum atomic E-state index is 13.7. The van der Waals surface area contributed by atoms with Crippen molar-refractivity contribution in [3.63, 3.8) is 0 Å². The smallest absolute Gasteiger partial charge is 0.309 e. The Bertz CT molecular complexity index is 1210. The highest BCUT2D eigenvalue weighted by Crippen LogP contribution is 2.52. The van der Waals surface area contributed by atoms with E-state index in [0.29, 0.717) is 17.1 Å². The third kappa shape index (κ3) is 5.48. The molecule has 4 rings (SSSR count). The molecule has 0 spiro atoms. The lowest BCUT2D eigenvalue weighted by molar-refractivity contribution is -0.384. The van der Waals surface area contributed by atoms with Gasteiger partial charge in [-0.05, 0) is 43.7 Å². The number of nitro groups is 1. The minimum absolute atomic E-state index is 0.0210. The van der Waals surface area contributed by atoms with Gasteiger partial charge in [0.1, 0.15) is 0 Å². The summed E-state index contributed by atoms with van der Waals surface area (Å²) < 4.78 is 25.0. The Morgan fingerprint density at radius 3 is 2.20 bits per heavy atom. The molecular weight excluding hydrogens is 467 g/mol. The summed E-state index contributed by atoms with van der Waals surface area (Å²) in [5.41, 5.74) is 2.99. The first-order valence-electron chi connectivity index (χ1n) is 11.4. The zero-order valence-electron chi connectivity index (χ0n) is 19.6. The van der Waals surface area contributed by atoms with Gasteiger partial charge in [0.2, 0.25) is 0 Å². The van der Waals surface area contributed by atoms with Crippen molar-refractivity contribution in [2.24, 2.45) is 5.10 Å². The van der Waals surface area contributed by atoms with Gasteiger partial charge in [-0.1, -0.05) is 36.4 Å². The fourth-order valence-electron chi connectivity index (χ4n) is 4.27. The third-order valence-corrected chi connectivity index (χ3v) is 7.81. The lowest BCUT2D eigenvalue weighted by atomic mass is 9.87. The Hall–Kier alpha value is -3.39. The summed E-state index contributed by atoms with van der Waals surface area (Å²) in [6, 6.07) is 21.1. The summed E-state index contributed by atoms with van der Waals surface area (Å²) in [4.78, 5) is 15.3. The van der Waals surface area contributed by atoms with Crippen LogP contribution >= 0.6 is 7.60 Å². The van der Waals surface area contributed by atoms with Crippen LogP contribution in [0.25, 0.3) is 0 Å². The molecule has 0 saturated carbocycles. The van der Waals surface area contributed by atoms with E-state index in [0.717, 1.165) is 5.56 Å². The molecule has 0 unspecified atom stereocenters. The highest BCUT2D eigenvalue weighted by atomic mass is 31.2. The Labute approximate surface area is 204 Å². The second-order valence-electron chi connectivity index (χ2n) is 7.90. The number of non-ortho nitro benzene ring substituents is 1. The maximum Gasteiger partial charge on any atom is 0.332 e. The van der Waals surface area contributed by atoms with E-state index in [-0.39, 0.29) is 31.0 Å². The fraction of sp³-hybridized carbons (Fsp3) is 0.280. The third-order valence-electron chi connectivity index (χ3n) is 5.68. The lowest BCUT2D eigenvalue weighted by Gasteiger charge is -2.31. The van der Waals surface area contributed by atoms with E-state index in [9.17, 15) is 14.7 Å². The van der Waals surface area contributed by atoms with Gasteiger partial charge >= 0.3 is 7.60 Å². The number of hydrazone groups is 1. The Kier molecular flexibility index (Phi) is 7.70. The second kappa shape index (κ2) is 10.9. The molecule has 2 heterocycles. The van der Waals surface area contributed by atoms with Crippen LogP contribution in [-0.2, 0) is 13.6 Å². The highest BCUT2D eigenvalue weighted by molar-refractivity contribution is 7.53. The van der Waals surface area contributed by atoms with Crippen molar-refractivity contribution in [1.82, 2.24) is 4.98 Å². The number of nitrogens with zero attached hydrogens (tertiary/aromatic N) is 4. The van der Waals surface area contributed by atoms with E-state index in [1.807, 2.05) is 48.5 Å². The number of pyridine rings is 1. The van der Waals surface area contributed by atoms with E-state index in [4.69, 9.17) is 14.1 Å². The zero-order valence-corrected chi connectivity index (χ0v) is 20.5. The second-order valence-corrected chi connectivity index (χ2v) is 10.0. The van der Waals surface area contributed by atoms with Crippen LogP contribution < -0.4 is 5.01 Å². The van der Waals surface area contributed by atoms with Crippen molar-refractivity contribution < 1.29 is 18.5 Å². The predicted molar refractivity (Wildman–Crippen MR) is 135 cm³/mol. The van der Waals surface area contributed by atoms with Gasteiger partial charge in [-0.25, -0.2) is 0 Å². The van der Waals surface area contributed by atoms with E-state index >= 15 is 0 Å². The standard InChI is InChI=1S/C25H27N4O5P/c1-3-33-35(32,34-4-2)18-23-24(19-10-6-5-7-11-19)25(22-12-8-9-17-26-22)27-28(23)20-13-15-21(16-14-20)29(30)31/h5-17,23-24H,3-4,18H2,1-2H3/t23-,24-/m1/s1. The molecule has 1 aliphatic heterocycles. The van der Waals surface area contributed by atoms with Crippen LogP contribution in [0.4, 0.5) is 11.4 Å². The van der Waals surface area contributed by atoms with Crippen molar-refractivity contribution in [1.29, 1.82) is 0 Å². The Morgan fingerprint density at radius 2 is 1.63 bits per heavy atom. The molecule has 0 saturated heterocycles. The van der Waals surface area contributed by atoms with Crippen molar-refractivity contribution in [3.8, 4) is 0 Å². The SMILES string of the molecule is CCOP(=O)(C[C@@H]1[C@@H](c2ccccc2)C(c2ccccn2)=NN1c1ccc([N+](=O)[O-])cc1)OCC. The molecule has 35 heavy (non-hydrogen) atoms. The number of rotatable bonds is 10. The molecule has 3 aromatic rings. The van der Waals surface area contributed by atoms with Crippen LogP contribution in [0.5, 0.6) is 0 Å². The van der Waals surface area contributed by atoms with Gasteiger partial charge in [0.15, 0.2) is 0 Å². The highest BCUT2D eigenvalue weighted by Gasteiger charge is 2.45. The first-order valence-corrected chi connectivity index (χ1v) is 13.1. The summed E-state index contributed by atoms with van der Waals surface area (Å²) in [6.45, 7) is 4.04.